The van der Waals surface area contributed by atoms with E-state index in [0.717, 1.165) is 0 Å². The van der Waals surface area contributed by atoms with Crippen LogP contribution in [0.15, 0.2) is 71.8 Å². The number of nitrogens with one attached hydrogen (secondary N) is 1. The molecule has 4 bridgehead atoms. The van der Waals surface area contributed by atoms with Gasteiger partial charge in [0.25, 0.3) is 0 Å². The van der Waals surface area contributed by atoms with Crippen LogP contribution in [0.5, 0.6) is 0 Å². The van der Waals surface area contributed by atoms with E-state index in [1.165, 1.54) is 32.9 Å². The van der Waals surface area contributed by atoms with E-state index >= 15 is 0 Å². The minimum absolute atomic E-state index is 0.00296. The van der Waals surface area contributed by atoms with E-state index in [4.69, 9.17) is 23.7 Å². The molecule has 15 nitrogen and oxygen atoms in total. The van der Waals surface area contributed by atoms with Gasteiger partial charge in [-0.1, -0.05) is 55.5 Å². The Balaban J connectivity index is 1.35. The number of amides is 1. The maximum absolute atomic E-state index is 15.0. The molecule has 4 saturated carbocycles. The summed E-state index contributed by atoms with van der Waals surface area (Å²) in [6, 6.07) is 14.7. The van der Waals surface area contributed by atoms with Crippen LogP contribution in [-0.4, -0.2) is 110 Å². The summed E-state index contributed by atoms with van der Waals surface area (Å²) in [5.74, 6) is -5.25. The van der Waals surface area contributed by atoms with Crippen LogP contribution in [0.3, 0.4) is 0 Å². The molecule has 0 aromatic heterocycles. The molecule has 1 amide bonds. The number of esters is 3. The van der Waals surface area contributed by atoms with Crippen molar-refractivity contribution in [3.05, 3.63) is 82.9 Å². The summed E-state index contributed by atoms with van der Waals surface area (Å²) in [6.45, 7) is 10.4. The predicted octanol–water partition coefficient (Wildman–Crippen LogP) is 3.01. The SMILES string of the molecule is CC(=O)O[C@@]12COC1C[C@H](O)[C@@]1(C)C(=O)[C@H](O)C3=C(C)[C@@H](OC(=O)[C@H](O)C(NC(=O)OC(C)(C)C)c4ccccc4)C[C@]4(O)[C@@]3(C)C[C@@]4(OC(=O)c3ccccc3)[C@@H]12. The molecule has 6 aliphatic rings. The molecule has 5 aliphatic carbocycles. The lowest BCUT2D eigenvalue weighted by molar-refractivity contribution is -0.403. The van der Waals surface area contributed by atoms with Crippen LogP contribution in [-0.2, 0) is 38.1 Å². The highest BCUT2D eigenvalue weighted by Gasteiger charge is 2.89. The van der Waals surface area contributed by atoms with Crippen molar-refractivity contribution in [1.82, 2.24) is 5.32 Å². The smallest absolute Gasteiger partial charge is 0.408 e. The molecule has 2 aromatic rings. The molecule has 312 valence electrons. The van der Waals surface area contributed by atoms with Gasteiger partial charge in [0.05, 0.1) is 35.6 Å². The summed E-state index contributed by atoms with van der Waals surface area (Å²) < 4.78 is 29.8. The number of ether oxygens (including phenoxy) is 5. The van der Waals surface area contributed by atoms with Gasteiger partial charge < -0.3 is 49.4 Å². The van der Waals surface area contributed by atoms with Crippen LogP contribution in [0.25, 0.3) is 0 Å². The molecule has 15 heteroatoms. The fraction of sp³-hybridized carbons (Fsp3) is 0.558. The Hall–Kier alpha value is -4.67. The molecular formula is C43H51NO14. The van der Waals surface area contributed by atoms with Crippen molar-refractivity contribution >= 4 is 29.8 Å². The van der Waals surface area contributed by atoms with Crippen LogP contribution in [0, 0.1) is 16.7 Å². The Kier molecular flexibility index (Phi) is 10.00. The van der Waals surface area contributed by atoms with E-state index in [9.17, 15) is 44.4 Å². The minimum Gasteiger partial charge on any atom is -0.456 e. The van der Waals surface area contributed by atoms with E-state index in [1.54, 1.807) is 76.2 Å². The number of fused-ring (bicyclic) bond motifs is 2. The summed E-state index contributed by atoms with van der Waals surface area (Å²) in [4.78, 5) is 69.1. The van der Waals surface area contributed by atoms with Crippen molar-refractivity contribution in [2.24, 2.45) is 16.7 Å². The van der Waals surface area contributed by atoms with Crippen LogP contribution in [0.4, 0.5) is 4.79 Å². The monoisotopic (exact) mass is 805 g/mol. The quantitative estimate of drug-likeness (QED) is 0.147. The van der Waals surface area contributed by atoms with E-state index < -0.39 is 112 Å². The number of hydrogen-bond acceptors (Lipinski definition) is 14. The van der Waals surface area contributed by atoms with Crippen molar-refractivity contribution in [3.8, 4) is 0 Å². The highest BCUT2D eigenvalue weighted by atomic mass is 16.6. The first-order valence-corrected chi connectivity index (χ1v) is 19.4. The van der Waals surface area contributed by atoms with Crippen LogP contribution in [0.1, 0.15) is 89.7 Å². The number of benzene rings is 2. The van der Waals surface area contributed by atoms with Gasteiger partial charge in [-0.3, -0.25) is 9.59 Å². The molecule has 1 saturated heterocycles. The van der Waals surface area contributed by atoms with Gasteiger partial charge in [0.1, 0.15) is 29.5 Å². The van der Waals surface area contributed by atoms with Crippen molar-refractivity contribution < 1.29 is 68.1 Å². The third-order valence-corrected chi connectivity index (χ3v) is 13.3. The fourth-order valence-corrected chi connectivity index (χ4v) is 10.8. The standard InChI is InChI=1S/C43H51NO14/c1-22-26(55-35(51)32(48)30(24-14-10-8-11-15-24)44-37(52)58-38(3,4)5)19-43(53)39(6)20-42(43,57-34(50)25-16-12-9-13-17-25)36-40(7,33(49)31(47)29(22)39)27(46)18-28-41(36,21-54-28)56-23(2)45/h8-17,26-28,30-32,36,46-48,53H,18-21H2,1-7H3,(H,44,52)/t26-,27-,28?,30?,31+,32+,36-,39-,40-,41-,42+,43-/m0/s1. The number of carbonyl (C=O) groups is 5. The van der Waals surface area contributed by atoms with Crippen molar-refractivity contribution in [3.63, 3.8) is 0 Å². The molecular weight excluding hydrogens is 754 g/mol. The van der Waals surface area contributed by atoms with Crippen LogP contribution < -0.4 is 5.32 Å². The number of carbonyl (C=O) groups excluding carboxylic acids is 5. The lowest BCUT2D eigenvalue weighted by atomic mass is 9.31. The Morgan fingerprint density at radius 2 is 1.59 bits per heavy atom. The van der Waals surface area contributed by atoms with Crippen LogP contribution >= 0.6 is 0 Å². The first kappa shape index (κ1) is 41.5. The highest BCUT2D eigenvalue weighted by molar-refractivity contribution is 5.95. The number of rotatable bonds is 8. The summed E-state index contributed by atoms with van der Waals surface area (Å²) >= 11 is 0. The zero-order chi connectivity index (χ0) is 42.4. The maximum atomic E-state index is 15.0. The van der Waals surface area contributed by atoms with E-state index in [2.05, 4.69) is 5.32 Å². The van der Waals surface area contributed by atoms with Gasteiger partial charge in [-0.05, 0) is 63.5 Å². The zero-order valence-corrected chi connectivity index (χ0v) is 33.5. The average molecular weight is 806 g/mol. The molecule has 2 unspecified atom stereocenters. The summed E-state index contributed by atoms with van der Waals surface area (Å²) in [5.41, 5.74) is -9.91. The van der Waals surface area contributed by atoms with Gasteiger partial charge in [0.15, 0.2) is 23.1 Å². The maximum Gasteiger partial charge on any atom is 0.408 e. The molecule has 5 fully saturated rings. The Bertz CT molecular complexity index is 2050. The normalized spacial score (nSPS) is 37.2. The van der Waals surface area contributed by atoms with E-state index in [1.807, 2.05) is 0 Å². The van der Waals surface area contributed by atoms with Gasteiger partial charge in [0.2, 0.25) is 0 Å². The number of ketones is 1. The van der Waals surface area contributed by atoms with Gasteiger partial charge in [-0.25, -0.2) is 14.4 Å². The van der Waals surface area contributed by atoms with E-state index in [0.29, 0.717) is 5.56 Å². The van der Waals surface area contributed by atoms with Crippen molar-refractivity contribution in [1.29, 1.82) is 0 Å². The predicted molar refractivity (Wildman–Crippen MR) is 201 cm³/mol. The third-order valence-electron chi connectivity index (χ3n) is 13.3. The van der Waals surface area contributed by atoms with Crippen molar-refractivity contribution in [2.45, 2.75) is 127 Å². The Labute approximate surface area is 335 Å². The second-order valence-electron chi connectivity index (χ2n) is 17.8. The van der Waals surface area contributed by atoms with Gasteiger partial charge in [0, 0.05) is 31.6 Å². The molecule has 12 atom stereocenters. The topological polar surface area (TPSA) is 224 Å². The molecule has 58 heavy (non-hydrogen) atoms. The highest BCUT2D eigenvalue weighted by Crippen LogP contribution is 2.76. The second-order valence-corrected chi connectivity index (χ2v) is 17.8. The average Bonchev–Trinajstić information content (AvgIpc) is 3.15. The summed E-state index contributed by atoms with van der Waals surface area (Å²) in [7, 11) is 0. The molecule has 8 rings (SSSR count). The summed E-state index contributed by atoms with van der Waals surface area (Å²) in [5, 5.41) is 51.7. The van der Waals surface area contributed by atoms with Gasteiger partial charge in [-0.15, -0.1) is 0 Å². The number of hydrogen-bond donors (Lipinski definition) is 5. The van der Waals surface area contributed by atoms with E-state index in [-0.39, 0.29) is 36.2 Å². The number of aliphatic hydroxyl groups is 4. The number of alkyl carbamates (subject to hydrolysis) is 1. The lowest BCUT2D eigenvalue weighted by Crippen LogP contribution is -2.91. The Morgan fingerprint density at radius 3 is 2.16 bits per heavy atom. The zero-order valence-electron chi connectivity index (χ0n) is 33.5. The molecule has 0 radical (unpaired) electrons. The molecule has 1 aliphatic heterocycles. The molecule has 5 N–H and O–H groups in total. The first-order valence-electron chi connectivity index (χ1n) is 19.4. The molecule has 0 spiro atoms. The van der Waals surface area contributed by atoms with Crippen molar-refractivity contribution in [2.75, 3.05) is 6.61 Å². The largest absolute Gasteiger partial charge is 0.456 e. The molecule has 2 aromatic carbocycles. The third kappa shape index (κ3) is 5.99. The van der Waals surface area contributed by atoms with Crippen LogP contribution in [0.2, 0.25) is 0 Å². The first-order chi connectivity index (χ1) is 27.1. The number of Topliss-reactive ketones (excluding diaryl/α,β-unsaturated/α-hetero) is 1. The molecule has 1 heterocycles. The number of aliphatic hydroxyl groups excluding tert-OH is 3. The van der Waals surface area contributed by atoms with Gasteiger partial charge >= 0.3 is 24.0 Å². The summed E-state index contributed by atoms with van der Waals surface area (Å²) in [6.07, 6.45) is -9.74. The lowest BCUT2D eigenvalue weighted by Gasteiger charge is -2.77. The second kappa shape index (κ2) is 14.0. The fourth-order valence-electron chi connectivity index (χ4n) is 10.8. The van der Waals surface area contributed by atoms with Gasteiger partial charge in [-0.2, -0.15) is 0 Å². The Morgan fingerprint density at radius 1 is 0.966 bits per heavy atom. The minimum atomic E-state index is -2.28.